The van der Waals surface area contributed by atoms with E-state index in [1.807, 2.05) is 12.1 Å². The van der Waals surface area contributed by atoms with E-state index in [9.17, 15) is 0 Å². The number of hydrogen-bond acceptors (Lipinski definition) is 2. The van der Waals surface area contributed by atoms with Crippen LogP contribution in [0.3, 0.4) is 0 Å². The Morgan fingerprint density at radius 2 is 1.75 bits per heavy atom. The SMILES string of the molecule is Cc1cn(CN2CCN(c3cccc(Cl)c3)CC2)c2ccccc12. The summed E-state index contributed by atoms with van der Waals surface area (Å²) in [5.41, 5.74) is 3.90. The van der Waals surface area contributed by atoms with E-state index in [0.717, 1.165) is 37.9 Å². The second-order valence-electron chi connectivity index (χ2n) is 6.53. The lowest BCUT2D eigenvalue weighted by Crippen LogP contribution is -2.46. The molecule has 1 aromatic heterocycles. The minimum absolute atomic E-state index is 0.809. The molecule has 124 valence electrons. The van der Waals surface area contributed by atoms with Gasteiger partial charge in [-0.15, -0.1) is 0 Å². The van der Waals surface area contributed by atoms with Crippen molar-refractivity contribution in [2.24, 2.45) is 0 Å². The van der Waals surface area contributed by atoms with Gasteiger partial charge in [0.15, 0.2) is 0 Å². The van der Waals surface area contributed by atoms with Gasteiger partial charge in [0.25, 0.3) is 0 Å². The van der Waals surface area contributed by atoms with Crippen LogP contribution in [0.1, 0.15) is 5.56 Å². The van der Waals surface area contributed by atoms with E-state index >= 15 is 0 Å². The highest BCUT2D eigenvalue weighted by molar-refractivity contribution is 6.30. The lowest BCUT2D eigenvalue weighted by atomic mass is 10.2. The number of piperazine rings is 1. The quantitative estimate of drug-likeness (QED) is 0.701. The van der Waals surface area contributed by atoms with Crippen LogP contribution in [-0.4, -0.2) is 35.6 Å². The Labute approximate surface area is 148 Å². The van der Waals surface area contributed by atoms with E-state index in [2.05, 4.69) is 63.9 Å². The van der Waals surface area contributed by atoms with E-state index in [1.165, 1.54) is 22.2 Å². The van der Waals surface area contributed by atoms with Crippen LogP contribution in [0.5, 0.6) is 0 Å². The molecule has 3 aromatic rings. The van der Waals surface area contributed by atoms with Gasteiger partial charge in [-0.1, -0.05) is 35.9 Å². The topological polar surface area (TPSA) is 11.4 Å². The van der Waals surface area contributed by atoms with Gasteiger partial charge in [-0.25, -0.2) is 0 Å². The lowest BCUT2D eigenvalue weighted by Gasteiger charge is -2.36. The van der Waals surface area contributed by atoms with Crippen molar-refractivity contribution in [1.29, 1.82) is 0 Å². The fraction of sp³-hybridized carbons (Fsp3) is 0.300. The third-order valence-corrected chi connectivity index (χ3v) is 5.12. The molecule has 0 radical (unpaired) electrons. The molecule has 1 aliphatic rings. The molecule has 0 spiro atoms. The highest BCUT2D eigenvalue weighted by Crippen LogP contribution is 2.23. The largest absolute Gasteiger partial charge is 0.369 e. The third-order valence-electron chi connectivity index (χ3n) is 4.89. The predicted octanol–water partition coefficient (Wildman–Crippen LogP) is 4.38. The second-order valence-corrected chi connectivity index (χ2v) is 6.96. The molecule has 0 atom stereocenters. The molecule has 1 fully saturated rings. The van der Waals surface area contributed by atoms with E-state index in [1.54, 1.807) is 0 Å². The normalized spacial score (nSPS) is 16.0. The van der Waals surface area contributed by atoms with Gasteiger partial charge in [0, 0.05) is 54.0 Å². The molecule has 2 aromatic carbocycles. The molecule has 0 aliphatic carbocycles. The predicted molar refractivity (Wildman–Crippen MR) is 102 cm³/mol. The first-order valence-electron chi connectivity index (χ1n) is 8.48. The van der Waals surface area contributed by atoms with Gasteiger partial charge in [0.2, 0.25) is 0 Å². The molecule has 4 rings (SSSR count). The zero-order chi connectivity index (χ0) is 16.5. The number of fused-ring (bicyclic) bond motifs is 1. The molecule has 3 nitrogen and oxygen atoms in total. The van der Waals surface area contributed by atoms with Gasteiger partial charge in [0.1, 0.15) is 0 Å². The van der Waals surface area contributed by atoms with Gasteiger partial charge < -0.3 is 9.47 Å². The zero-order valence-electron chi connectivity index (χ0n) is 14.0. The molecule has 1 saturated heterocycles. The minimum Gasteiger partial charge on any atom is -0.369 e. The summed E-state index contributed by atoms with van der Waals surface area (Å²) in [4.78, 5) is 4.94. The highest BCUT2D eigenvalue weighted by atomic mass is 35.5. The first-order chi connectivity index (χ1) is 11.7. The summed E-state index contributed by atoms with van der Waals surface area (Å²) in [5, 5.41) is 2.17. The van der Waals surface area contributed by atoms with Crippen molar-refractivity contribution in [3.63, 3.8) is 0 Å². The Kier molecular flexibility index (Phi) is 4.21. The fourth-order valence-electron chi connectivity index (χ4n) is 3.58. The molecule has 24 heavy (non-hydrogen) atoms. The molecule has 0 bridgehead atoms. The molecule has 0 saturated carbocycles. The van der Waals surface area contributed by atoms with Gasteiger partial charge in [0.05, 0.1) is 6.67 Å². The molecule has 4 heteroatoms. The maximum absolute atomic E-state index is 6.12. The fourth-order valence-corrected chi connectivity index (χ4v) is 3.77. The van der Waals surface area contributed by atoms with Gasteiger partial charge >= 0.3 is 0 Å². The summed E-state index contributed by atoms with van der Waals surface area (Å²) in [6.45, 7) is 7.36. The van der Waals surface area contributed by atoms with Crippen molar-refractivity contribution in [3.05, 3.63) is 65.3 Å². The summed E-state index contributed by atoms with van der Waals surface area (Å²) in [6.07, 6.45) is 2.27. The number of hydrogen-bond donors (Lipinski definition) is 0. The lowest BCUT2D eigenvalue weighted by molar-refractivity contribution is 0.209. The summed E-state index contributed by atoms with van der Waals surface area (Å²) in [7, 11) is 0. The van der Waals surface area contributed by atoms with E-state index in [0.29, 0.717) is 0 Å². The van der Waals surface area contributed by atoms with Crippen molar-refractivity contribution < 1.29 is 0 Å². The standard InChI is InChI=1S/C20H22ClN3/c1-16-14-24(20-8-3-2-7-19(16)20)15-22-9-11-23(12-10-22)18-6-4-5-17(21)13-18/h2-8,13-14H,9-12,15H2,1H3. The van der Waals surface area contributed by atoms with Crippen LogP contribution in [0.4, 0.5) is 5.69 Å². The maximum Gasteiger partial charge on any atom is 0.0752 e. The average Bonchev–Trinajstić information content (AvgIpc) is 2.92. The minimum atomic E-state index is 0.809. The number of rotatable bonds is 3. The van der Waals surface area contributed by atoms with Crippen LogP contribution >= 0.6 is 11.6 Å². The van der Waals surface area contributed by atoms with Crippen molar-refractivity contribution in [2.75, 3.05) is 31.1 Å². The Bertz CT molecular complexity index is 847. The van der Waals surface area contributed by atoms with Crippen LogP contribution < -0.4 is 4.90 Å². The Morgan fingerprint density at radius 1 is 0.958 bits per heavy atom. The molecule has 0 N–H and O–H groups in total. The monoisotopic (exact) mass is 339 g/mol. The van der Waals surface area contributed by atoms with E-state index < -0.39 is 0 Å². The average molecular weight is 340 g/mol. The second kappa shape index (κ2) is 6.50. The summed E-state index contributed by atoms with van der Waals surface area (Å²) < 4.78 is 2.37. The van der Waals surface area contributed by atoms with E-state index in [4.69, 9.17) is 11.6 Å². The van der Waals surface area contributed by atoms with Crippen LogP contribution in [0.15, 0.2) is 54.7 Å². The Morgan fingerprint density at radius 3 is 2.54 bits per heavy atom. The van der Waals surface area contributed by atoms with Gasteiger partial charge in [-0.05, 0) is 36.8 Å². The Hall–Kier alpha value is -1.97. The summed E-state index contributed by atoms with van der Waals surface area (Å²) in [5.74, 6) is 0. The molecule has 0 unspecified atom stereocenters. The number of aromatic nitrogens is 1. The summed E-state index contributed by atoms with van der Waals surface area (Å²) in [6, 6.07) is 16.8. The number of nitrogens with zero attached hydrogens (tertiary/aromatic N) is 3. The molecular formula is C20H22ClN3. The van der Waals surface area contributed by atoms with Gasteiger partial charge in [-0.2, -0.15) is 0 Å². The van der Waals surface area contributed by atoms with E-state index in [-0.39, 0.29) is 0 Å². The first kappa shape index (κ1) is 15.6. The molecular weight excluding hydrogens is 318 g/mol. The third kappa shape index (κ3) is 3.02. The van der Waals surface area contributed by atoms with Crippen molar-refractivity contribution in [1.82, 2.24) is 9.47 Å². The first-order valence-corrected chi connectivity index (χ1v) is 8.86. The van der Waals surface area contributed by atoms with Crippen LogP contribution in [-0.2, 0) is 6.67 Å². The van der Waals surface area contributed by atoms with Crippen LogP contribution in [0.25, 0.3) is 10.9 Å². The smallest absolute Gasteiger partial charge is 0.0752 e. The number of para-hydroxylation sites is 1. The van der Waals surface area contributed by atoms with Crippen molar-refractivity contribution in [3.8, 4) is 0 Å². The van der Waals surface area contributed by atoms with Crippen LogP contribution in [0.2, 0.25) is 5.02 Å². The molecule has 1 aliphatic heterocycles. The van der Waals surface area contributed by atoms with Gasteiger partial charge in [-0.3, -0.25) is 4.90 Å². The maximum atomic E-state index is 6.12. The Balaban J connectivity index is 1.44. The number of anilines is 1. The number of halogens is 1. The van der Waals surface area contributed by atoms with Crippen LogP contribution in [0, 0.1) is 6.92 Å². The zero-order valence-corrected chi connectivity index (χ0v) is 14.7. The number of aryl methyl sites for hydroxylation is 1. The van der Waals surface area contributed by atoms with Crippen molar-refractivity contribution >= 4 is 28.2 Å². The number of benzene rings is 2. The summed E-state index contributed by atoms with van der Waals surface area (Å²) >= 11 is 6.12. The molecule has 2 heterocycles. The molecule has 0 amide bonds. The highest BCUT2D eigenvalue weighted by Gasteiger charge is 2.18. The van der Waals surface area contributed by atoms with Crippen molar-refractivity contribution in [2.45, 2.75) is 13.6 Å².